The van der Waals surface area contributed by atoms with E-state index in [1.807, 2.05) is 6.07 Å². The van der Waals surface area contributed by atoms with Gasteiger partial charge in [0.05, 0.1) is 5.52 Å². The van der Waals surface area contributed by atoms with Crippen LogP contribution in [0.25, 0.3) is 10.9 Å². The Morgan fingerprint density at radius 3 is 2.69 bits per heavy atom. The smallest absolute Gasteiger partial charge is 0.224 e. The van der Waals surface area contributed by atoms with Crippen molar-refractivity contribution in [2.75, 3.05) is 26.0 Å². The first-order valence-corrected chi connectivity index (χ1v) is 8.82. The number of amides is 1. The summed E-state index contributed by atoms with van der Waals surface area (Å²) in [6, 6.07) is 8.41. The Labute approximate surface area is 168 Å². The van der Waals surface area contributed by atoms with Crippen LogP contribution >= 0.6 is 24.8 Å². The molecule has 1 aromatic carbocycles. The number of carbonyl (C=O) groups is 1. The van der Waals surface area contributed by atoms with Crippen molar-refractivity contribution >= 4 is 47.3 Å². The van der Waals surface area contributed by atoms with Crippen molar-refractivity contribution in [3.8, 4) is 0 Å². The van der Waals surface area contributed by atoms with E-state index in [0.29, 0.717) is 12.3 Å². The summed E-state index contributed by atoms with van der Waals surface area (Å²) in [7, 11) is 4.15. The first-order valence-electron chi connectivity index (χ1n) is 8.82. The van der Waals surface area contributed by atoms with Gasteiger partial charge in [-0.1, -0.05) is 12.5 Å². The maximum atomic E-state index is 12.3. The Morgan fingerprint density at radius 1 is 1.27 bits per heavy atom. The highest BCUT2D eigenvalue weighted by Gasteiger charge is 2.26. The van der Waals surface area contributed by atoms with Crippen molar-refractivity contribution in [2.45, 2.75) is 38.3 Å². The molecule has 2 atom stereocenters. The third-order valence-corrected chi connectivity index (χ3v) is 5.01. The Morgan fingerprint density at radius 2 is 2.04 bits per heavy atom. The number of halogens is 2. The number of likely N-dealkylation sites (N-methyl/N-ethyl adjacent to an activating group) is 1. The Balaban J connectivity index is 0.00000169. The lowest BCUT2D eigenvalue weighted by Gasteiger charge is -2.15. The molecule has 1 aromatic heterocycles. The lowest BCUT2D eigenvalue weighted by Crippen LogP contribution is -2.28. The molecule has 146 valence electrons. The molecule has 5 nitrogen and oxygen atoms in total. The second-order valence-electron chi connectivity index (χ2n) is 7.19. The molecule has 7 heteroatoms. The molecular formula is C19H30Cl2N4O. The minimum Gasteiger partial charge on any atom is -0.346 e. The molecule has 1 saturated carbocycles. The van der Waals surface area contributed by atoms with Crippen LogP contribution in [0.5, 0.6) is 0 Å². The van der Waals surface area contributed by atoms with Gasteiger partial charge in [0, 0.05) is 37.4 Å². The van der Waals surface area contributed by atoms with Crippen molar-refractivity contribution in [1.82, 2.24) is 9.47 Å². The van der Waals surface area contributed by atoms with Crippen LogP contribution in [0.1, 0.15) is 25.7 Å². The van der Waals surface area contributed by atoms with Crippen molar-refractivity contribution in [3.63, 3.8) is 0 Å². The van der Waals surface area contributed by atoms with E-state index >= 15 is 0 Å². The van der Waals surface area contributed by atoms with Gasteiger partial charge in [0.2, 0.25) is 5.91 Å². The van der Waals surface area contributed by atoms with Gasteiger partial charge < -0.3 is 20.5 Å². The summed E-state index contributed by atoms with van der Waals surface area (Å²) in [4.78, 5) is 14.5. The van der Waals surface area contributed by atoms with Crippen molar-refractivity contribution in [3.05, 3.63) is 30.5 Å². The molecule has 0 spiro atoms. The average Bonchev–Trinajstić information content (AvgIpc) is 3.11. The molecule has 1 amide bonds. The maximum absolute atomic E-state index is 12.3. The number of hydrogen-bond donors (Lipinski definition) is 2. The van der Waals surface area contributed by atoms with E-state index in [9.17, 15) is 4.79 Å². The zero-order valence-corrected chi connectivity index (χ0v) is 17.1. The van der Waals surface area contributed by atoms with Crippen LogP contribution in [0.4, 0.5) is 5.69 Å². The molecule has 0 bridgehead atoms. The number of benzene rings is 1. The van der Waals surface area contributed by atoms with E-state index in [0.717, 1.165) is 43.6 Å². The molecule has 0 saturated heterocycles. The predicted octanol–water partition coefficient (Wildman–Crippen LogP) is 3.50. The maximum Gasteiger partial charge on any atom is 0.224 e. The standard InChI is InChI=1S/C19H28N4O.2ClH/c1-22(2)10-11-23-9-8-14-6-7-16(13-18(14)23)21-19(24)12-15-4-3-5-17(15)20;;/h6-9,13,15,17H,3-5,10-12,20H2,1-2H3,(H,21,24);2*1H/t15-,17+;;/m0../s1. The molecule has 3 N–H and O–H groups in total. The summed E-state index contributed by atoms with van der Waals surface area (Å²) in [5.74, 6) is 0.404. The van der Waals surface area contributed by atoms with Gasteiger partial charge in [-0.25, -0.2) is 0 Å². The monoisotopic (exact) mass is 400 g/mol. The van der Waals surface area contributed by atoms with E-state index in [-0.39, 0.29) is 36.8 Å². The number of anilines is 1. The fraction of sp³-hybridized carbons (Fsp3) is 0.526. The van der Waals surface area contributed by atoms with Crippen LogP contribution in [-0.2, 0) is 11.3 Å². The van der Waals surface area contributed by atoms with Crippen LogP contribution in [0.15, 0.2) is 30.5 Å². The molecule has 2 aromatic rings. The third kappa shape index (κ3) is 5.61. The summed E-state index contributed by atoms with van der Waals surface area (Å²) in [5, 5.41) is 4.24. The van der Waals surface area contributed by atoms with Gasteiger partial charge in [-0.2, -0.15) is 0 Å². The van der Waals surface area contributed by atoms with Crippen LogP contribution in [-0.4, -0.2) is 42.1 Å². The summed E-state index contributed by atoms with van der Waals surface area (Å²) < 4.78 is 2.23. The zero-order valence-electron chi connectivity index (χ0n) is 15.5. The highest BCUT2D eigenvalue weighted by atomic mass is 35.5. The number of aromatic nitrogens is 1. The van der Waals surface area contributed by atoms with Crippen molar-refractivity contribution < 1.29 is 4.79 Å². The predicted molar refractivity (Wildman–Crippen MR) is 114 cm³/mol. The topological polar surface area (TPSA) is 63.3 Å². The van der Waals surface area contributed by atoms with Gasteiger partial charge in [-0.05, 0) is 56.4 Å². The normalized spacial score (nSPS) is 19.2. The van der Waals surface area contributed by atoms with E-state index in [2.05, 4.69) is 53.3 Å². The molecule has 1 aliphatic rings. The second-order valence-corrected chi connectivity index (χ2v) is 7.19. The summed E-state index contributed by atoms with van der Waals surface area (Å²) in [6.45, 7) is 1.92. The van der Waals surface area contributed by atoms with E-state index in [1.54, 1.807) is 0 Å². The van der Waals surface area contributed by atoms with Crippen LogP contribution in [0.3, 0.4) is 0 Å². The van der Waals surface area contributed by atoms with Crippen molar-refractivity contribution in [1.29, 1.82) is 0 Å². The second kappa shape index (κ2) is 10.2. The first-order chi connectivity index (χ1) is 11.5. The minimum atomic E-state index is 0. The zero-order chi connectivity index (χ0) is 17.1. The fourth-order valence-corrected chi connectivity index (χ4v) is 3.53. The molecular weight excluding hydrogens is 371 g/mol. The van der Waals surface area contributed by atoms with Crippen LogP contribution in [0, 0.1) is 5.92 Å². The van der Waals surface area contributed by atoms with Gasteiger partial charge in [-0.15, -0.1) is 24.8 Å². The Kier molecular flexibility index (Phi) is 8.90. The summed E-state index contributed by atoms with van der Waals surface area (Å²) in [6.07, 6.45) is 5.90. The lowest BCUT2D eigenvalue weighted by atomic mass is 10.00. The molecule has 0 aliphatic heterocycles. The number of carbonyl (C=O) groups excluding carboxylic acids is 1. The Hall–Kier alpha value is -1.27. The summed E-state index contributed by atoms with van der Waals surface area (Å²) in [5.41, 5.74) is 8.10. The number of hydrogen-bond acceptors (Lipinski definition) is 3. The summed E-state index contributed by atoms with van der Waals surface area (Å²) >= 11 is 0. The highest BCUT2D eigenvalue weighted by molar-refractivity contribution is 5.94. The van der Waals surface area contributed by atoms with Gasteiger partial charge in [0.1, 0.15) is 0 Å². The van der Waals surface area contributed by atoms with Gasteiger partial charge in [-0.3, -0.25) is 4.79 Å². The molecule has 1 heterocycles. The van der Waals surface area contributed by atoms with Gasteiger partial charge in [0.15, 0.2) is 0 Å². The number of nitrogens with one attached hydrogen (secondary N) is 1. The first kappa shape index (κ1) is 22.8. The number of rotatable bonds is 6. The number of nitrogens with zero attached hydrogens (tertiary/aromatic N) is 2. The Bertz CT molecular complexity index is 717. The molecule has 1 fully saturated rings. The minimum absolute atomic E-state index is 0. The molecule has 3 rings (SSSR count). The molecule has 1 aliphatic carbocycles. The average molecular weight is 401 g/mol. The van der Waals surface area contributed by atoms with Crippen molar-refractivity contribution in [2.24, 2.45) is 11.7 Å². The van der Waals surface area contributed by atoms with Gasteiger partial charge >= 0.3 is 0 Å². The van der Waals surface area contributed by atoms with E-state index < -0.39 is 0 Å². The van der Waals surface area contributed by atoms with Crippen LogP contribution < -0.4 is 11.1 Å². The van der Waals surface area contributed by atoms with Crippen LogP contribution in [0.2, 0.25) is 0 Å². The quantitative estimate of drug-likeness (QED) is 0.779. The van der Waals surface area contributed by atoms with E-state index in [4.69, 9.17) is 5.73 Å². The molecule has 0 unspecified atom stereocenters. The van der Waals surface area contributed by atoms with E-state index in [1.165, 1.54) is 5.39 Å². The number of fused-ring (bicyclic) bond motifs is 1. The lowest BCUT2D eigenvalue weighted by molar-refractivity contribution is -0.117. The molecule has 0 radical (unpaired) electrons. The largest absolute Gasteiger partial charge is 0.346 e. The fourth-order valence-electron chi connectivity index (χ4n) is 3.53. The highest BCUT2D eigenvalue weighted by Crippen LogP contribution is 2.27. The third-order valence-electron chi connectivity index (χ3n) is 5.01. The SMILES string of the molecule is CN(C)CCn1ccc2ccc(NC(=O)C[C@@H]3CCC[C@H]3N)cc21.Cl.Cl. The number of nitrogens with two attached hydrogens (primary N) is 1. The molecule has 26 heavy (non-hydrogen) atoms. The van der Waals surface area contributed by atoms with Gasteiger partial charge in [0.25, 0.3) is 0 Å².